The molecule has 1 atom stereocenters. The number of carbonyl (C=O) groups is 2. The molecule has 3 rings (SSSR count). The third-order valence-electron chi connectivity index (χ3n) is 4.54. The fraction of sp³-hybridized carbons (Fsp3) is 0.474. The molecule has 2 aromatic rings. The molecule has 8 nitrogen and oxygen atoms in total. The molecule has 1 unspecified atom stereocenters. The van der Waals surface area contributed by atoms with Crippen LogP contribution in [0.4, 0.5) is 0 Å². The Morgan fingerprint density at radius 2 is 2.19 bits per heavy atom. The maximum Gasteiger partial charge on any atom is 0.276 e. The van der Waals surface area contributed by atoms with Crippen LogP contribution in [0.15, 0.2) is 28.9 Å². The van der Waals surface area contributed by atoms with Gasteiger partial charge in [-0.1, -0.05) is 25.9 Å². The predicted octanol–water partition coefficient (Wildman–Crippen LogP) is 2.15. The first-order valence-electron chi connectivity index (χ1n) is 8.93. The number of nitrogens with two attached hydrogens (primary N) is 1. The van der Waals surface area contributed by atoms with E-state index in [-0.39, 0.29) is 29.7 Å². The van der Waals surface area contributed by atoms with Crippen LogP contribution in [0.1, 0.15) is 60.4 Å². The zero-order valence-electron chi connectivity index (χ0n) is 15.8. The highest BCUT2D eigenvalue weighted by Crippen LogP contribution is 2.26. The maximum atomic E-state index is 12.8. The van der Waals surface area contributed by atoms with Gasteiger partial charge in [-0.3, -0.25) is 9.59 Å². The number of primary amides is 1. The van der Waals surface area contributed by atoms with Crippen molar-refractivity contribution in [3.8, 4) is 5.75 Å². The molecule has 0 bridgehead atoms. The average Bonchev–Trinajstić information content (AvgIpc) is 3.28. The van der Waals surface area contributed by atoms with Crippen LogP contribution in [0.2, 0.25) is 0 Å². The first-order chi connectivity index (χ1) is 12.8. The lowest BCUT2D eigenvalue weighted by Crippen LogP contribution is -2.39. The zero-order valence-corrected chi connectivity index (χ0v) is 15.8. The second kappa shape index (κ2) is 7.38. The summed E-state index contributed by atoms with van der Waals surface area (Å²) >= 11 is 0. The van der Waals surface area contributed by atoms with Crippen molar-refractivity contribution in [2.75, 3.05) is 13.2 Å². The van der Waals surface area contributed by atoms with Crippen LogP contribution in [0.5, 0.6) is 5.75 Å². The van der Waals surface area contributed by atoms with Crippen molar-refractivity contribution < 1.29 is 18.8 Å². The number of likely N-dealkylation sites (tertiary alicyclic amines) is 1. The summed E-state index contributed by atoms with van der Waals surface area (Å²) < 4.78 is 11.1. The van der Waals surface area contributed by atoms with Gasteiger partial charge in [-0.05, 0) is 25.0 Å². The molecule has 1 fully saturated rings. The summed E-state index contributed by atoms with van der Waals surface area (Å²) in [5.74, 6) is 0.156. The van der Waals surface area contributed by atoms with E-state index in [9.17, 15) is 9.59 Å². The fourth-order valence-corrected chi connectivity index (χ4v) is 3.03. The molecule has 1 aliphatic heterocycles. The molecule has 3 heterocycles. The topological polar surface area (TPSA) is 112 Å². The molecule has 2 aromatic heterocycles. The van der Waals surface area contributed by atoms with E-state index >= 15 is 0 Å². The van der Waals surface area contributed by atoms with Crippen molar-refractivity contribution in [1.82, 2.24) is 15.0 Å². The Bertz CT molecular complexity index is 840. The zero-order chi connectivity index (χ0) is 19.6. The molecule has 0 saturated carbocycles. The number of ether oxygens (including phenoxy) is 1. The quantitative estimate of drug-likeness (QED) is 0.861. The van der Waals surface area contributed by atoms with Gasteiger partial charge in [0.1, 0.15) is 12.4 Å². The molecule has 144 valence electrons. The van der Waals surface area contributed by atoms with Crippen molar-refractivity contribution in [3.63, 3.8) is 0 Å². The summed E-state index contributed by atoms with van der Waals surface area (Å²) in [6, 6.07) is 4.89. The number of hydrogen-bond donors (Lipinski definition) is 1. The lowest BCUT2D eigenvalue weighted by Gasteiger charge is -2.24. The predicted molar refractivity (Wildman–Crippen MR) is 97.5 cm³/mol. The number of pyridine rings is 1. The van der Waals surface area contributed by atoms with E-state index in [1.165, 1.54) is 6.20 Å². The molecule has 1 aliphatic rings. The summed E-state index contributed by atoms with van der Waals surface area (Å²) in [5, 5.41) is 3.94. The van der Waals surface area contributed by atoms with E-state index in [4.69, 9.17) is 15.0 Å². The van der Waals surface area contributed by atoms with Crippen LogP contribution < -0.4 is 10.5 Å². The van der Waals surface area contributed by atoms with Crippen LogP contribution in [0, 0.1) is 0 Å². The Kier molecular flexibility index (Phi) is 5.16. The summed E-state index contributed by atoms with van der Waals surface area (Å²) in [6.45, 7) is 6.87. The number of hydrogen-bond acceptors (Lipinski definition) is 6. The van der Waals surface area contributed by atoms with E-state index in [1.807, 2.05) is 20.8 Å². The van der Waals surface area contributed by atoms with Crippen LogP contribution in [0.3, 0.4) is 0 Å². The Morgan fingerprint density at radius 3 is 2.85 bits per heavy atom. The van der Waals surface area contributed by atoms with Gasteiger partial charge in [0, 0.05) is 24.2 Å². The minimum Gasteiger partial charge on any atom is -0.489 e. The molecular weight excluding hydrogens is 348 g/mol. The molecule has 0 aliphatic carbocycles. The number of nitrogens with zero attached hydrogens (tertiary/aromatic N) is 3. The lowest BCUT2D eigenvalue weighted by atomic mass is 9.93. The molecule has 8 heteroatoms. The summed E-state index contributed by atoms with van der Waals surface area (Å²) in [5.41, 5.74) is 5.49. The molecule has 0 radical (unpaired) electrons. The molecule has 27 heavy (non-hydrogen) atoms. The first kappa shape index (κ1) is 18.9. The third kappa shape index (κ3) is 4.10. The number of aromatic nitrogens is 2. The molecular formula is C19H24N4O4. The van der Waals surface area contributed by atoms with Gasteiger partial charge < -0.3 is 19.9 Å². The Labute approximate surface area is 157 Å². The molecule has 0 aromatic carbocycles. The monoisotopic (exact) mass is 372 g/mol. The third-order valence-corrected chi connectivity index (χ3v) is 4.54. The van der Waals surface area contributed by atoms with E-state index < -0.39 is 5.91 Å². The molecule has 0 spiro atoms. The average molecular weight is 372 g/mol. The molecule has 2 N–H and O–H groups in total. The highest BCUT2D eigenvalue weighted by atomic mass is 16.5. The minimum absolute atomic E-state index is 0.0830. The standard InChI is InChI=1S/C19H24N4O4/c1-19(2,3)15-10-13(22-27-15)18(25)23-9-5-6-12(23)11-26-14-7-4-8-21-16(14)17(20)24/h4,7-8,10,12H,5-6,9,11H2,1-3H3,(H2,20,24). The Hall–Kier alpha value is -2.90. The van der Waals surface area contributed by atoms with Crippen molar-refractivity contribution in [1.29, 1.82) is 0 Å². The van der Waals surface area contributed by atoms with Crippen molar-refractivity contribution in [3.05, 3.63) is 41.5 Å². The number of rotatable bonds is 5. The normalized spacial score (nSPS) is 17.1. The summed E-state index contributed by atoms with van der Waals surface area (Å²) in [7, 11) is 0. The molecule has 2 amide bonds. The van der Waals surface area contributed by atoms with Gasteiger partial charge in [-0.2, -0.15) is 0 Å². The van der Waals surface area contributed by atoms with E-state index in [2.05, 4.69) is 10.1 Å². The van der Waals surface area contributed by atoms with E-state index in [0.717, 1.165) is 12.8 Å². The van der Waals surface area contributed by atoms with Gasteiger partial charge in [-0.15, -0.1) is 0 Å². The van der Waals surface area contributed by atoms with Crippen molar-refractivity contribution in [2.45, 2.75) is 45.1 Å². The summed E-state index contributed by atoms with van der Waals surface area (Å²) in [4.78, 5) is 30.0. The SMILES string of the molecule is CC(C)(C)c1cc(C(=O)N2CCCC2COc2cccnc2C(N)=O)no1. The number of amides is 2. The highest BCUT2D eigenvalue weighted by Gasteiger charge is 2.33. The van der Waals surface area contributed by atoms with Gasteiger partial charge in [0.25, 0.3) is 11.8 Å². The first-order valence-corrected chi connectivity index (χ1v) is 8.93. The fourth-order valence-electron chi connectivity index (χ4n) is 3.03. The van der Waals surface area contributed by atoms with Gasteiger partial charge in [-0.25, -0.2) is 4.98 Å². The summed E-state index contributed by atoms with van der Waals surface area (Å²) in [6.07, 6.45) is 3.16. The van der Waals surface area contributed by atoms with Crippen LogP contribution in [0.25, 0.3) is 0 Å². The van der Waals surface area contributed by atoms with Gasteiger partial charge in [0.05, 0.1) is 6.04 Å². The largest absolute Gasteiger partial charge is 0.489 e. The smallest absolute Gasteiger partial charge is 0.276 e. The second-order valence-corrected chi connectivity index (χ2v) is 7.65. The Morgan fingerprint density at radius 1 is 1.41 bits per heavy atom. The minimum atomic E-state index is -0.651. The van der Waals surface area contributed by atoms with Crippen LogP contribution in [-0.2, 0) is 5.41 Å². The Balaban J connectivity index is 1.70. The van der Waals surface area contributed by atoms with Gasteiger partial charge in [0.2, 0.25) is 0 Å². The van der Waals surface area contributed by atoms with Gasteiger partial charge in [0.15, 0.2) is 17.1 Å². The van der Waals surface area contributed by atoms with Crippen molar-refractivity contribution >= 4 is 11.8 Å². The lowest BCUT2D eigenvalue weighted by molar-refractivity contribution is 0.0678. The maximum absolute atomic E-state index is 12.8. The van der Waals surface area contributed by atoms with Crippen LogP contribution in [-0.4, -0.2) is 46.0 Å². The van der Waals surface area contributed by atoms with Gasteiger partial charge >= 0.3 is 0 Å². The highest BCUT2D eigenvalue weighted by molar-refractivity contribution is 5.93. The van der Waals surface area contributed by atoms with Crippen molar-refractivity contribution in [2.24, 2.45) is 5.73 Å². The van der Waals surface area contributed by atoms with E-state index in [1.54, 1.807) is 23.1 Å². The second-order valence-electron chi connectivity index (χ2n) is 7.65. The molecule has 1 saturated heterocycles. The van der Waals surface area contributed by atoms with E-state index in [0.29, 0.717) is 23.7 Å². The van der Waals surface area contributed by atoms with Crippen LogP contribution >= 0.6 is 0 Å². The number of carbonyl (C=O) groups excluding carboxylic acids is 2.